The van der Waals surface area contributed by atoms with Crippen molar-refractivity contribution < 1.29 is 55.9 Å². The minimum atomic E-state index is -0.191. The highest BCUT2D eigenvalue weighted by Crippen LogP contribution is 2.34. The third kappa shape index (κ3) is 33.8. The van der Waals surface area contributed by atoms with E-state index in [4.69, 9.17) is 27.1 Å². The quantitative estimate of drug-likeness (QED) is 0.0194. The predicted molar refractivity (Wildman–Crippen MR) is 458 cm³/mol. The molecule has 0 bridgehead atoms. The smallest absolute Gasteiger partial charge is 0.273 e. The number of hydrogen-bond donors (Lipinski definition) is 6. The Kier molecular flexibility index (Phi) is 47.3. The third-order valence-electron chi connectivity index (χ3n) is 23.7. The predicted octanol–water partition coefficient (Wildman–Crippen LogP) is 15.6. The van der Waals surface area contributed by atoms with E-state index < -0.39 is 0 Å². The summed E-state index contributed by atoms with van der Waals surface area (Å²) in [4.78, 5) is 80.7. The van der Waals surface area contributed by atoms with E-state index in [0.717, 1.165) is 141 Å². The van der Waals surface area contributed by atoms with Crippen LogP contribution in [0.2, 0.25) is 0 Å². The molecular formula is C87H154N16O12. The molecule has 0 radical (unpaired) electrons. The van der Waals surface area contributed by atoms with Crippen LogP contribution in [0.3, 0.4) is 0 Å². The van der Waals surface area contributed by atoms with Gasteiger partial charge in [-0.2, -0.15) is 0 Å². The topological polar surface area (TPSA) is 344 Å². The van der Waals surface area contributed by atoms with Crippen molar-refractivity contribution in [2.75, 3.05) is 95.6 Å². The van der Waals surface area contributed by atoms with Crippen LogP contribution in [-0.4, -0.2) is 204 Å². The Morgan fingerprint density at radius 3 is 0.783 bits per heavy atom. The lowest BCUT2D eigenvalue weighted by Gasteiger charge is -2.35. The molecule has 0 aliphatic carbocycles. The fourth-order valence-electron chi connectivity index (χ4n) is 11.6. The minimum Gasteiger partial charge on any atom is -0.361 e. The Bertz CT molecular complexity index is 3770. The lowest BCUT2D eigenvalue weighted by Crippen LogP contribution is -2.50. The summed E-state index contributed by atoms with van der Waals surface area (Å²) >= 11 is 0. The number of hydrogen-bond acceptors (Lipinski definition) is 22. The maximum absolute atomic E-state index is 12.4. The Balaban J connectivity index is 0.000000691. The molecule has 0 fully saturated rings. The summed E-state index contributed by atoms with van der Waals surface area (Å²) in [6.45, 7) is 51.3. The van der Waals surface area contributed by atoms with Gasteiger partial charge in [-0.1, -0.05) is 166 Å². The summed E-state index contributed by atoms with van der Waals surface area (Å²) < 4.78 is 30.6. The van der Waals surface area contributed by atoms with Crippen LogP contribution in [-0.2, 0) is 38.5 Å². The van der Waals surface area contributed by atoms with Crippen molar-refractivity contribution in [3.63, 3.8) is 0 Å². The van der Waals surface area contributed by atoms with E-state index in [1.165, 1.54) is 51.4 Å². The van der Waals surface area contributed by atoms with Crippen LogP contribution in [0, 0.1) is 31.6 Å². The maximum atomic E-state index is 12.4. The highest BCUT2D eigenvalue weighted by molar-refractivity contribution is 5.95. The Morgan fingerprint density at radius 1 is 0.313 bits per heavy atom. The average Bonchev–Trinajstić information content (AvgIpc) is 1.74. The molecule has 0 spiro atoms. The van der Waals surface area contributed by atoms with Crippen molar-refractivity contribution in [1.29, 1.82) is 0 Å². The molecule has 28 nitrogen and oxygen atoms in total. The van der Waals surface area contributed by atoms with Gasteiger partial charge in [-0.3, -0.25) is 28.8 Å². The van der Waals surface area contributed by atoms with E-state index in [0.29, 0.717) is 60.3 Å². The molecule has 2 unspecified atom stereocenters. The van der Waals surface area contributed by atoms with E-state index >= 15 is 0 Å². The van der Waals surface area contributed by atoms with Gasteiger partial charge < -0.3 is 78.6 Å². The van der Waals surface area contributed by atoms with E-state index in [2.05, 4.69) is 179 Å². The molecule has 28 heteroatoms. The van der Waals surface area contributed by atoms with Crippen LogP contribution in [0.4, 0.5) is 0 Å². The lowest BCUT2D eigenvalue weighted by atomic mass is 9.77. The standard InChI is InChI=1S/C18H32N2O2.C17H30N2O2.C14H25N3O2.2C13H23N3O2.C12H21N3O2/c1-6-10-11-12-18(8-3,9-4)13-19-17(21)16-14(5)15(7-2)22-20-16;1-5-9-10-11-17(7-3,8-4)13-18-16(20)15-12-14(6-2)21-19-15;1-7-11-10(3)12(16-19-11)13(18)15-9-14(4,8-2)17(5)6;1-7-10-9(2)11(15-18-10)12(17)14-8-13(3,4)16(5)6;1-6-10-8-11(15-18-10)12(17)14-9-13(3,7-2)16(4)5;1-6-9-7-10(14-17-9)11(16)13-8-12(2,3)15(4)5/h6-13H2,1-5H3,(H,19,21);12H,5-11,13H2,1-4H3,(H,18,20);7-9H2,1-6H3,(H,15,18);7-8H2,1-6H3,(H,14,17);8H,6-7,9H2,1-5H3,(H,14,17);7H,6,8H2,1-5H3,(H,13,16). The molecular weight excluding hydrogens is 1460 g/mol. The van der Waals surface area contributed by atoms with Gasteiger partial charge in [-0.15, -0.1) is 0 Å². The summed E-state index contributed by atoms with van der Waals surface area (Å²) in [5, 5.41) is 40.7. The second kappa shape index (κ2) is 51.9. The first kappa shape index (κ1) is 105. The highest BCUT2D eigenvalue weighted by Gasteiger charge is 2.32. The highest BCUT2D eigenvalue weighted by atomic mass is 16.5. The lowest BCUT2D eigenvalue weighted by molar-refractivity contribution is 0.0890. The van der Waals surface area contributed by atoms with Gasteiger partial charge in [0.1, 0.15) is 34.6 Å². The molecule has 115 heavy (non-hydrogen) atoms. The first-order valence-electron chi connectivity index (χ1n) is 42.2. The van der Waals surface area contributed by atoms with E-state index in [1.54, 1.807) is 18.2 Å². The zero-order chi connectivity index (χ0) is 87.7. The maximum Gasteiger partial charge on any atom is 0.273 e. The normalized spacial score (nSPS) is 12.7. The number of amides is 6. The minimum absolute atomic E-state index is 0.0486. The Labute approximate surface area is 690 Å². The van der Waals surface area contributed by atoms with Crippen molar-refractivity contribution >= 4 is 35.4 Å². The first-order chi connectivity index (χ1) is 54.1. The van der Waals surface area contributed by atoms with Gasteiger partial charge >= 0.3 is 0 Å². The van der Waals surface area contributed by atoms with Gasteiger partial charge in [0.15, 0.2) is 34.2 Å². The van der Waals surface area contributed by atoms with Crippen LogP contribution in [0.15, 0.2) is 45.3 Å². The number of nitrogens with one attached hydrogen (secondary N) is 6. The summed E-state index contributed by atoms with van der Waals surface area (Å²) in [5.41, 5.74) is 4.97. The van der Waals surface area contributed by atoms with Gasteiger partial charge in [-0.05, 0) is 181 Å². The molecule has 6 N–H and O–H groups in total. The van der Waals surface area contributed by atoms with E-state index in [9.17, 15) is 28.8 Å². The van der Waals surface area contributed by atoms with Gasteiger partial charge in [0.25, 0.3) is 35.4 Å². The molecule has 6 aromatic rings. The average molecular weight is 1620 g/mol. The molecule has 0 aliphatic rings. The SMILES string of the molecule is CCCCCC(CC)(CC)CNC(=O)c1cc(CC)on1.CCCCCC(CC)(CC)CNC(=O)c1noc(CC)c1C.CCc1cc(C(=O)NCC(C)(C)N(C)C)no1.CCc1cc(C(=O)NCC(C)(CC)N(C)C)no1.CCc1onc(C(=O)NCC(C)(C)N(C)C)c1C.CCc1onc(C(=O)NCC(C)(CC)N(C)C)c1C. The molecule has 6 amide bonds. The molecule has 6 aromatic heterocycles. The monoisotopic (exact) mass is 1620 g/mol. The van der Waals surface area contributed by atoms with Crippen molar-refractivity contribution in [2.24, 2.45) is 10.8 Å². The molecule has 0 saturated heterocycles. The first-order valence-corrected chi connectivity index (χ1v) is 42.2. The largest absolute Gasteiger partial charge is 0.361 e. The van der Waals surface area contributed by atoms with Gasteiger partial charge in [0.05, 0.1) is 0 Å². The molecule has 654 valence electrons. The van der Waals surface area contributed by atoms with Crippen molar-refractivity contribution in [3.8, 4) is 0 Å². The second-order valence-corrected chi connectivity index (χ2v) is 32.7. The van der Waals surface area contributed by atoms with Crippen LogP contribution in [0.5, 0.6) is 0 Å². The number of rotatable bonds is 42. The summed E-state index contributed by atoms with van der Waals surface area (Å²) in [7, 11) is 16.0. The fraction of sp³-hybridized carbons (Fsp3) is 0.724. The molecule has 0 saturated carbocycles. The number of aryl methyl sites for hydroxylation is 6. The number of nitrogens with zero attached hydrogens (tertiary/aromatic N) is 10. The van der Waals surface area contributed by atoms with Crippen molar-refractivity contribution in [1.82, 2.24) is 82.4 Å². The van der Waals surface area contributed by atoms with Crippen LogP contribution in [0.25, 0.3) is 0 Å². The summed E-state index contributed by atoms with van der Waals surface area (Å²) in [6, 6.07) is 5.10. The molecule has 2 atom stereocenters. The number of aromatic nitrogens is 6. The number of carbonyl (C=O) groups excluding carboxylic acids is 6. The van der Waals surface area contributed by atoms with Gasteiger partial charge in [-0.25, -0.2) is 0 Å². The molecule has 0 aromatic carbocycles. The van der Waals surface area contributed by atoms with Gasteiger partial charge in [0, 0.05) is 135 Å². The van der Waals surface area contributed by atoms with Crippen LogP contribution >= 0.6 is 0 Å². The fourth-order valence-corrected chi connectivity index (χ4v) is 11.6. The zero-order valence-corrected chi connectivity index (χ0v) is 77.0. The van der Waals surface area contributed by atoms with Crippen LogP contribution < -0.4 is 31.9 Å². The summed E-state index contributed by atoms with van der Waals surface area (Å²) in [5.74, 6) is 3.60. The molecule has 0 aliphatic heterocycles. The number of unbranched alkanes of at least 4 members (excludes halogenated alkanes) is 4. The third-order valence-corrected chi connectivity index (χ3v) is 23.7. The van der Waals surface area contributed by atoms with E-state index in [1.807, 2.05) is 119 Å². The van der Waals surface area contributed by atoms with Crippen LogP contribution in [0.1, 0.15) is 343 Å². The van der Waals surface area contributed by atoms with Crippen molar-refractivity contribution in [2.45, 2.75) is 310 Å². The van der Waals surface area contributed by atoms with Crippen molar-refractivity contribution in [3.05, 3.63) is 104 Å². The Hall–Kier alpha value is -8.08. The number of likely N-dealkylation sites (N-methyl/N-ethyl adjacent to an activating group) is 4. The van der Waals surface area contributed by atoms with E-state index in [-0.39, 0.29) is 68.4 Å². The molecule has 6 heterocycles. The zero-order valence-electron chi connectivity index (χ0n) is 77.0. The van der Waals surface area contributed by atoms with Gasteiger partial charge in [0.2, 0.25) is 0 Å². The molecule has 6 rings (SSSR count). The number of carbonyl (C=O) groups is 6. The summed E-state index contributed by atoms with van der Waals surface area (Å²) in [6.07, 6.45) is 20.6. The Morgan fingerprint density at radius 2 is 0.565 bits per heavy atom. The second-order valence-electron chi connectivity index (χ2n) is 32.7.